The fraction of sp³-hybridized carbons (Fsp3) is 0.200. The molecule has 1 aliphatic rings. The average Bonchev–Trinajstić information content (AvgIpc) is 3.24. The zero-order chi connectivity index (χ0) is 14.7. The van der Waals surface area contributed by atoms with Gasteiger partial charge in [-0.1, -0.05) is 54.6 Å². The van der Waals surface area contributed by atoms with Gasteiger partial charge in [-0.3, -0.25) is 0 Å². The Morgan fingerprint density at radius 3 is 1.90 bits per heavy atom. The summed E-state index contributed by atoms with van der Waals surface area (Å²) in [5.41, 5.74) is 2.48. The van der Waals surface area contributed by atoms with E-state index in [0.717, 1.165) is 6.42 Å². The molecule has 1 nitrogen and oxygen atoms in total. The number of hydrogen-bond acceptors (Lipinski definition) is 1. The minimum absolute atomic E-state index is 0.0270. The van der Waals surface area contributed by atoms with Crippen LogP contribution in [-0.2, 0) is 0 Å². The van der Waals surface area contributed by atoms with Gasteiger partial charge in [0.15, 0.2) is 0 Å². The molecule has 1 heteroatoms. The van der Waals surface area contributed by atoms with E-state index < -0.39 is 0 Å². The Balaban J connectivity index is 2.11. The summed E-state index contributed by atoms with van der Waals surface area (Å²) in [5, 5.41) is 0. The van der Waals surface area contributed by atoms with Gasteiger partial charge in [0.1, 0.15) is 0 Å². The number of para-hydroxylation sites is 2. The van der Waals surface area contributed by atoms with Gasteiger partial charge in [0.2, 0.25) is 0 Å². The minimum Gasteiger partial charge on any atom is -0.331 e. The zero-order valence-electron chi connectivity index (χ0n) is 12.4. The largest absolute Gasteiger partial charge is 0.331 e. The van der Waals surface area contributed by atoms with Crippen LogP contribution in [0.1, 0.15) is 13.3 Å². The van der Waals surface area contributed by atoms with Crippen molar-refractivity contribution >= 4 is 11.4 Å². The second-order valence-corrected chi connectivity index (χ2v) is 5.54. The van der Waals surface area contributed by atoms with Crippen LogP contribution >= 0.6 is 0 Å². The maximum atomic E-state index is 4.01. The first-order valence-corrected chi connectivity index (χ1v) is 7.48. The number of nitrogens with zero attached hydrogens (tertiary/aromatic N) is 1. The zero-order valence-corrected chi connectivity index (χ0v) is 12.4. The highest BCUT2D eigenvalue weighted by Gasteiger charge is 2.55. The Labute approximate surface area is 127 Å². The van der Waals surface area contributed by atoms with Crippen molar-refractivity contribution in [1.29, 1.82) is 0 Å². The molecule has 0 aromatic heterocycles. The summed E-state index contributed by atoms with van der Waals surface area (Å²) in [6.07, 6.45) is 7.67. The molecule has 106 valence electrons. The summed E-state index contributed by atoms with van der Waals surface area (Å²) < 4.78 is 0. The van der Waals surface area contributed by atoms with Crippen LogP contribution in [-0.4, -0.2) is 5.54 Å². The Morgan fingerprint density at radius 1 is 1.00 bits per heavy atom. The van der Waals surface area contributed by atoms with Gasteiger partial charge in [-0.05, 0) is 37.6 Å². The van der Waals surface area contributed by atoms with Gasteiger partial charge in [-0.15, -0.1) is 6.58 Å². The average molecular weight is 275 g/mol. The van der Waals surface area contributed by atoms with Gasteiger partial charge in [0.05, 0.1) is 5.54 Å². The first kappa shape index (κ1) is 13.7. The first-order valence-electron chi connectivity index (χ1n) is 7.48. The molecule has 0 N–H and O–H groups in total. The van der Waals surface area contributed by atoms with Crippen LogP contribution in [0.2, 0.25) is 0 Å². The van der Waals surface area contributed by atoms with Gasteiger partial charge in [-0.2, -0.15) is 0 Å². The third-order valence-corrected chi connectivity index (χ3v) is 4.21. The van der Waals surface area contributed by atoms with Crippen molar-refractivity contribution in [3.63, 3.8) is 0 Å². The van der Waals surface area contributed by atoms with Crippen LogP contribution in [0.15, 0.2) is 85.5 Å². The minimum atomic E-state index is 0.0270. The number of benzene rings is 2. The van der Waals surface area contributed by atoms with Crippen LogP contribution < -0.4 is 4.90 Å². The Hall–Kier alpha value is -2.28. The molecule has 0 radical (unpaired) electrons. The number of allylic oxidation sites excluding steroid dienone is 1. The highest BCUT2D eigenvalue weighted by molar-refractivity contribution is 5.69. The smallest absolute Gasteiger partial charge is 0.0703 e. The van der Waals surface area contributed by atoms with Crippen molar-refractivity contribution in [3.05, 3.63) is 85.5 Å². The number of anilines is 2. The maximum Gasteiger partial charge on any atom is 0.0703 e. The van der Waals surface area contributed by atoms with Crippen molar-refractivity contribution in [3.8, 4) is 0 Å². The molecule has 0 amide bonds. The predicted octanol–water partition coefficient (Wildman–Crippen LogP) is 5.35. The van der Waals surface area contributed by atoms with Gasteiger partial charge in [0, 0.05) is 17.3 Å². The Morgan fingerprint density at radius 2 is 1.52 bits per heavy atom. The molecule has 0 bridgehead atoms. The third kappa shape index (κ3) is 2.40. The fourth-order valence-electron chi connectivity index (χ4n) is 3.18. The van der Waals surface area contributed by atoms with Gasteiger partial charge < -0.3 is 4.90 Å². The van der Waals surface area contributed by atoms with E-state index in [-0.39, 0.29) is 5.54 Å². The van der Waals surface area contributed by atoms with Gasteiger partial charge in [-0.25, -0.2) is 0 Å². The highest BCUT2D eigenvalue weighted by atomic mass is 15.2. The summed E-state index contributed by atoms with van der Waals surface area (Å²) in [5.74, 6) is 0.495. The summed E-state index contributed by atoms with van der Waals surface area (Å²) in [6, 6.07) is 21.2. The summed E-state index contributed by atoms with van der Waals surface area (Å²) in [4.78, 5) is 2.44. The van der Waals surface area contributed by atoms with E-state index in [1.165, 1.54) is 11.4 Å². The van der Waals surface area contributed by atoms with Gasteiger partial charge >= 0.3 is 0 Å². The van der Waals surface area contributed by atoms with Crippen molar-refractivity contribution in [2.45, 2.75) is 18.9 Å². The molecular weight excluding hydrogens is 254 g/mol. The lowest BCUT2D eigenvalue weighted by molar-refractivity contribution is 0.757. The normalized spacial score (nSPS) is 24.0. The van der Waals surface area contributed by atoms with Crippen molar-refractivity contribution in [2.24, 2.45) is 5.92 Å². The van der Waals surface area contributed by atoms with E-state index in [1.807, 2.05) is 0 Å². The molecule has 0 saturated heterocycles. The van der Waals surface area contributed by atoms with E-state index in [0.29, 0.717) is 5.92 Å². The van der Waals surface area contributed by atoms with Crippen LogP contribution in [0.3, 0.4) is 0 Å². The molecule has 21 heavy (non-hydrogen) atoms. The SMILES string of the molecule is C=CC1CC1(/C=C\C)N(c1ccccc1)c1ccccc1. The summed E-state index contributed by atoms with van der Waals surface area (Å²) in [6.45, 7) is 6.10. The molecule has 0 aliphatic heterocycles. The van der Waals surface area contributed by atoms with E-state index in [2.05, 4.69) is 97.3 Å². The molecule has 2 atom stereocenters. The third-order valence-electron chi connectivity index (χ3n) is 4.21. The lowest BCUT2D eigenvalue weighted by atomic mass is 10.1. The molecule has 1 fully saturated rings. The quantitative estimate of drug-likeness (QED) is 0.665. The van der Waals surface area contributed by atoms with Crippen LogP contribution in [0, 0.1) is 5.92 Å². The van der Waals surface area contributed by atoms with Crippen molar-refractivity contribution < 1.29 is 0 Å². The fourth-order valence-corrected chi connectivity index (χ4v) is 3.18. The Kier molecular flexibility index (Phi) is 3.66. The lowest BCUT2D eigenvalue weighted by Crippen LogP contribution is -2.33. The van der Waals surface area contributed by atoms with Crippen LogP contribution in [0.25, 0.3) is 0 Å². The lowest BCUT2D eigenvalue weighted by Gasteiger charge is -2.33. The van der Waals surface area contributed by atoms with E-state index >= 15 is 0 Å². The topological polar surface area (TPSA) is 3.24 Å². The standard InChI is InChI=1S/C20H21N/c1-3-15-20(16-17(20)4-2)21(18-11-7-5-8-12-18)19-13-9-6-10-14-19/h3-15,17H,2,16H2,1H3/b15-3-. The molecule has 0 heterocycles. The molecule has 3 rings (SSSR count). The van der Waals surface area contributed by atoms with E-state index in [1.54, 1.807) is 0 Å². The van der Waals surface area contributed by atoms with E-state index in [4.69, 9.17) is 0 Å². The molecule has 2 aromatic rings. The number of rotatable bonds is 5. The molecule has 2 aromatic carbocycles. The second-order valence-electron chi connectivity index (χ2n) is 5.54. The molecular formula is C20H21N. The Bertz CT molecular complexity index is 590. The van der Waals surface area contributed by atoms with Crippen LogP contribution in [0.4, 0.5) is 11.4 Å². The number of hydrogen-bond donors (Lipinski definition) is 0. The van der Waals surface area contributed by atoms with Gasteiger partial charge in [0.25, 0.3) is 0 Å². The first-order chi connectivity index (χ1) is 10.3. The molecule has 2 unspecified atom stereocenters. The predicted molar refractivity (Wildman–Crippen MR) is 90.9 cm³/mol. The van der Waals surface area contributed by atoms with Crippen molar-refractivity contribution in [1.82, 2.24) is 0 Å². The van der Waals surface area contributed by atoms with Crippen molar-refractivity contribution in [2.75, 3.05) is 4.90 Å². The molecule has 1 saturated carbocycles. The maximum absolute atomic E-state index is 4.01. The highest BCUT2D eigenvalue weighted by Crippen LogP contribution is 2.54. The molecule has 1 aliphatic carbocycles. The summed E-state index contributed by atoms with van der Waals surface area (Å²) in [7, 11) is 0. The second kappa shape index (κ2) is 5.61. The summed E-state index contributed by atoms with van der Waals surface area (Å²) >= 11 is 0. The van der Waals surface area contributed by atoms with E-state index in [9.17, 15) is 0 Å². The van der Waals surface area contributed by atoms with Crippen LogP contribution in [0.5, 0.6) is 0 Å². The molecule has 0 spiro atoms. The monoisotopic (exact) mass is 275 g/mol.